The summed E-state index contributed by atoms with van der Waals surface area (Å²) in [5, 5.41) is 5.87. The van der Waals surface area contributed by atoms with Gasteiger partial charge in [0.2, 0.25) is 0 Å². The minimum absolute atomic E-state index is 0.175. The van der Waals surface area contributed by atoms with Crippen molar-refractivity contribution in [1.82, 2.24) is 5.43 Å². The molecule has 0 fully saturated rings. The number of amides is 1. The fourth-order valence-corrected chi connectivity index (χ4v) is 3.48. The van der Waals surface area contributed by atoms with Crippen LogP contribution in [0.4, 0.5) is 0 Å². The zero-order valence-electron chi connectivity index (χ0n) is 18.9. The minimum atomic E-state index is -0.468. The number of nitrogens with zero attached hydrogens (tertiary/aromatic N) is 1. The molecule has 0 unspecified atom stereocenters. The molecule has 170 valence electrons. The quantitative estimate of drug-likeness (QED) is 0.181. The van der Waals surface area contributed by atoms with Gasteiger partial charge in [-0.2, -0.15) is 5.10 Å². The van der Waals surface area contributed by atoms with Crippen molar-refractivity contribution in [2.75, 3.05) is 6.61 Å². The minimum Gasteiger partial charge on any atom is -0.484 e. The summed E-state index contributed by atoms with van der Waals surface area (Å²) < 4.78 is 11.2. The highest BCUT2D eigenvalue weighted by molar-refractivity contribution is 6.04. The number of fused-ring (bicyclic) bond motifs is 1. The summed E-state index contributed by atoms with van der Waals surface area (Å²) in [6, 6.07) is 25.9. The van der Waals surface area contributed by atoms with E-state index in [9.17, 15) is 9.59 Å². The van der Waals surface area contributed by atoms with E-state index in [4.69, 9.17) is 9.47 Å². The molecule has 6 heteroatoms. The van der Waals surface area contributed by atoms with Crippen LogP contribution in [0.25, 0.3) is 10.8 Å². The fourth-order valence-electron chi connectivity index (χ4n) is 3.48. The molecule has 0 aliphatic heterocycles. The Bertz CT molecular complexity index is 1380. The lowest BCUT2D eigenvalue weighted by molar-refractivity contribution is -0.123. The van der Waals surface area contributed by atoms with Gasteiger partial charge in [0.15, 0.2) is 6.61 Å². The van der Waals surface area contributed by atoms with Gasteiger partial charge in [0.25, 0.3) is 5.91 Å². The molecule has 1 amide bonds. The second kappa shape index (κ2) is 10.4. The Kier molecular flexibility index (Phi) is 6.98. The molecule has 0 spiro atoms. The lowest BCUT2D eigenvalue weighted by Crippen LogP contribution is -2.24. The molecule has 6 nitrogen and oxygen atoms in total. The molecule has 0 heterocycles. The first-order chi connectivity index (χ1) is 16.5. The Morgan fingerprint density at radius 2 is 1.65 bits per heavy atom. The first kappa shape index (κ1) is 22.7. The first-order valence-corrected chi connectivity index (χ1v) is 10.8. The molecule has 4 aromatic carbocycles. The third-order valence-electron chi connectivity index (χ3n) is 5.13. The standard InChI is InChI=1S/C28H24N2O4/c1-19-7-5-10-22(15-19)28(32)34-26-14-13-21-9-3-4-12-24(21)25(26)17-29-30-27(31)18-33-23-11-6-8-20(2)16-23/h3-17H,18H2,1-2H3,(H,30,31)/b29-17-. The van der Waals surface area contributed by atoms with E-state index in [1.165, 1.54) is 6.21 Å². The number of rotatable bonds is 7. The summed E-state index contributed by atoms with van der Waals surface area (Å²) in [5.41, 5.74) is 5.51. The SMILES string of the molecule is Cc1cccc(OCC(=O)N/N=C\c2c(OC(=O)c3cccc(C)c3)ccc3ccccc23)c1. The smallest absolute Gasteiger partial charge is 0.343 e. The second-order valence-electron chi connectivity index (χ2n) is 7.86. The van der Waals surface area contributed by atoms with Crippen molar-refractivity contribution in [3.63, 3.8) is 0 Å². The molecule has 0 aliphatic rings. The Hall–Kier alpha value is -4.45. The van der Waals surface area contributed by atoms with Crippen LogP contribution in [0.2, 0.25) is 0 Å². The van der Waals surface area contributed by atoms with Crippen LogP contribution >= 0.6 is 0 Å². The Morgan fingerprint density at radius 3 is 2.44 bits per heavy atom. The molecule has 34 heavy (non-hydrogen) atoms. The summed E-state index contributed by atoms with van der Waals surface area (Å²) in [5.74, 6) is 0.0817. The number of hydrogen-bond acceptors (Lipinski definition) is 5. The molecular weight excluding hydrogens is 428 g/mol. The van der Waals surface area contributed by atoms with Crippen LogP contribution < -0.4 is 14.9 Å². The highest BCUT2D eigenvalue weighted by atomic mass is 16.5. The van der Waals surface area contributed by atoms with Crippen LogP contribution in [0.15, 0.2) is 90.0 Å². The van der Waals surface area contributed by atoms with Crippen LogP contribution in [0.3, 0.4) is 0 Å². The highest BCUT2D eigenvalue weighted by Gasteiger charge is 2.14. The number of benzene rings is 4. The molecule has 0 aliphatic carbocycles. The maximum absolute atomic E-state index is 12.7. The van der Waals surface area contributed by atoms with E-state index < -0.39 is 11.9 Å². The summed E-state index contributed by atoms with van der Waals surface area (Å²) in [6.07, 6.45) is 1.48. The van der Waals surface area contributed by atoms with Crippen LogP contribution in [0.1, 0.15) is 27.0 Å². The summed E-state index contributed by atoms with van der Waals surface area (Å²) in [7, 11) is 0. The molecule has 0 radical (unpaired) electrons. The fraction of sp³-hybridized carbons (Fsp3) is 0.107. The summed E-state index contributed by atoms with van der Waals surface area (Å²) in [4.78, 5) is 24.9. The molecule has 0 saturated carbocycles. The van der Waals surface area contributed by atoms with Gasteiger partial charge in [-0.05, 0) is 60.5 Å². The predicted molar refractivity (Wildman–Crippen MR) is 132 cm³/mol. The molecule has 1 N–H and O–H groups in total. The van der Waals surface area contributed by atoms with E-state index in [2.05, 4.69) is 10.5 Å². The topological polar surface area (TPSA) is 77.0 Å². The van der Waals surface area contributed by atoms with Crippen molar-refractivity contribution in [1.29, 1.82) is 0 Å². The number of carbonyl (C=O) groups excluding carboxylic acids is 2. The summed E-state index contributed by atoms with van der Waals surface area (Å²) in [6.45, 7) is 3.69. The number of hydrazone groups is 1. The molecule has 0 saturated heterocycles. The van der Waals surface area contributed by atoms with E-state index in [-0.39, 0.29) is 6.61 Å². The Balaban J connectivity index is 1.51. The third-order valence-corrected chi connectivity index (χ3v) is 5.13. The van der Waals surface area contributed by atoms with E-state index in [1.54, 1.807) is 24.3 Å². The summed E-state index contributed by atoms with van der Waals surface area (Å²) >= 11 is 0. The number of esters is 1. The average molecular weight is 453 g/mol. The molecule has 4 rings (SSSR count). The number of hydrogen-bond donors (Lipinski definition) is 1. The Morgan fingerprint density at radius 1 is 0.882 bits per heavy atom. The van der Waals surface area contributed by atoms with Crippen molar-refractivity contribution >= 4 is 28.9 Å². The lowest BCUT2D eigenvalue weighted by Gasteiger charge is -2.11. The van der Waals surface area contributed by atoms with Gasteiger partial charge in [0.05, 0.1) is 11.8 Å². The normalized spacial score (nSPS) is 10.9. The van der Waals surface area contributed by atoms with Crippen molar-refractivity contribution in [3.05, 3.63) is 107 Å². The molecular formula is C28H24N2O4. The average Bonchev–Trinajstić information content (AvgIpc) is 2.84. The van der Waals surface area contributed by atoms with Gasteiger partial charge in [-0.1, -0.05) is 60.2 Å². The van der Waals surface area contributed by atoms with Gasteiger partial charge in [0, 0.05) is 5.56 Å². The number of ether oxygens (including phenoxy) is 2. The van der Waals surface area contributed by atoms with Crippen molar-refractivity contribution in [3.8, 4) is 11.5 Å². The van der Waals surface area contributed by atoms with Crippen LogP contribution in [0.5, 0.6) is 11.5 Å². The predicted octanol–water partition coefficient (Wildman–Crippen LogP) is 5.20. The van der Waals surface area contributed by atoms with Gasteiger partial charge in [0.1, 0.15) is 11.5 Å². The first-order valence-electron chi connectivity index (χ1n) is 10.8. The maximum Gasteiger partial charge on any atom is 0.343 e. The van der Waals surface area contributed by atoms with E-state index in [1.807, 2.05) is 74.5 Å². The highest BCUT2D eigenvalue weighted by Crippen LogP contribution is 2.27. The third kappa shape index (κ3) is 5.66. The lowest BCUT2D eigenvalue weighted by atomic mass is 10.0. The molecule has 0 atom stereocenters. The van der Waals surface area contributed by atoms with Crippen LogP contribution in [-0.4, -0.2) is 24.7 Å². The number of carbonyl (C=O) groups is 2. The number of aryl methyl sites for hydroxylation is 2. The number of nitrogens with one attached hydrogen (secondary N) is 1. The largest absolute Gasteiger partial charge is 0.484 e. The zero-order chi connectivity index (χ0) is 23.9. The second-order valence-corrected chi connectivity index (χ2v) is 7.86. The van der Waals surface area contributed by atoms with Gasteiger partial charge in [-0.25, -0.2) is 10.2 Å². The monoisotopic (exact) mass is 452 g/mol. The van der Waals surface area contributed by atoms with Crippen molar-refractivity contribution in [2.24, 2.45) is 5.10 Å². The van der Waals surface area contributed by atoms with E-state index in [0.717, 1.165) is 21.9 Å². The van der Waals surface area contributed by atoms with E-state index in [0.29, 0.717) is 22.6 Å². The molecule has 4 aromatic rings. The van der Waals surface area contributed by atoms with Gasteiger partial charge < -0.3 is 9.47 Å². The van der Waals surface area contributed by atoms with Gasteiger partial charge in [-0.3, -0.25) is 4.79 Å². The van der Waals surface area contributed by atoms with Crippen molar-refractivity contribution in [2.45, 2.75) is 13.8 Å². The molecule has 0 bridgehead atoms. The zero-order valence-corrected chi connectivity index (χ0v) is 18.9. The van der Waals surface area contributed by atoms with Gasteiger partial charge >= 0.3 is 5.97 Å². The van der Waals surface area contributed by atoms with Crippen LogP contribution in [-0.2, 0) is 4.79 Å². The van der Waals surface area contributed by atoms with Crippen LogP contribution in [0, 0.1) is 13.8 Å². The van der Waals surface area contributed by atoms with Gasteiger partial charge in [-0.15, -0.1) is 0 Å². The maximum atomic E-state index is 12.7. The van der Waals surface area contributed by atoms with Crippen molar-refractivity contribution < 1.29 is 19.1 Å². The van der Waals surface area contributed by atoms with E-state index >= 15 is 0 Å². The molecule has 0 aromatic heterocycles. The Labute approximate surface area is 197 Å².